The zero-order chi connectivity index (χ0) is 21.3. The van der Waals surface area contributed by atoms with Crippen LogP contribution in [0.15, 0.2) is 48.5 Å². The van der Waals surface area contributed by atoms with Crippen molar-refractivity contribution in [3.05, 3.63) is 58.6 Å². The fourth-order valence-electron chi connectivity index (χ4n) is 3.98. The first-order chi connectivity index (χ1) is 14.5. The topological polar surface area (TPSA) is 96.2 Å². The highest BCUT2D eigenvalue weighted by Gasteiger charge is 2.43. The SMILES string of the molecule is COc1ccc(N2C(=O)C[C@@H](N3CCN(c4ccc([N+](=O)[O-])cc4)CC3)C2=O)cc1. The quantitative estimate of drug-likeness (QED) is 0.423. The molecule has 2 aliphatic heterocycles. The monoisotopic (exact) mass is 410 g/mol. The average Bonchev–Trinajstić information content (AvgIpc) is 3.08. The minimum Gasteiger partial charge on any atom is -0.497 e. The van der Waals surface area contributed by atoms with Crippen LogP contribution in [-0.4, -0.2) is 61.0 Å². The van der Waals surface area contributed by atoms with Gasteiger partial charge in [-0.1, -0.05) is 0 Å². The molecule has 0 saturated carbocycles. The number of amides is 2. The van der Waals surface area contributed by atoms with Gasteiger partial charge in [-0.05, 0) is 36.4 Å². The number of hydrogen-bond acceptors (Lipinski definition) is 7. The van der Waals surface area contributed by atoms with Gasteiger partial charge in [-0.3, -0.25) is 24.6 Å². The van der Waals surface area contributed by atoms with Gasteiger partial charge in [0.1, 0.15) is 5.75 Å². The van der Waals surface area contributed by atoms with Gasteiger partial charge in [0, 0.05) is 44.0 Å². The van der Waals surface area contributed by atoms with Crippen molar-refractivity contribution < 1.29 is 19.2 Å². The van der Waals surface area contributed by atoms with Crippen LogP contribution in [0.1, 0.15) is 6.42 Å². The van der Waals surface area contributed by atoms with Crippen LogP contribution in [0.2, 0.25) is 0 Å². The number of imide groups is 1. The number of hydrogen-bond donors (Lipinski definition) is 0. The minimum absolute atomic E-state index is 0.0612. The van der Waals surface area contributed by atoms with Crippen LogP contribution in [0.3, 0.4) is 0 Å². The number of nitro groups is 1. The Morgan fingerprint density at radius 2 is 1.53 bits per heavy atom. The number of piperazine rings is 1. The molecule has 156 valence electrons. The number of carbonyl (C=O) groups is 2. The fourth-order valence-corrected chi connectivity index (χ4v) is 3.98. The first-order valence-electron chi connectivity index (χ1n) is 9.72. The molecule has 0 radical (unpaired) electrons. The molecule has 2 aromatic carbocycles. The third-order valence-electron chi connectivity index (χ3n) is 5.63. The van der Waals surface area contributed by atoms with E-state index < -0.39 is 11.0 Å². The van der Waals surface area contributed by atoms with Crippen molar-refractivity contribution in [1.82, 2.24) is 4.90 Å². The van der Waals surface area contributed by atoms with Crippen molar-refractivity contribution in [2.45, 2.75) is 12.5 Å². The van der Waals surface area contributed by atoms with Crippen LogP contribution in [0.5, 0.6) is 5.75 Å². The van der Waals surface area contributed by atoms with Crippen LogP contribution in [0.25, 0.3) is 0 Å². The van der Waals surface area contributed by atoms with Crippen LogP contribution >= 0.6 is 0 Å². The van der Waals surface area contributed by atoms with E-state index in [0.717, 1.165) is 5.69 Å². The summed E-state index contributed by atoms with van der Waals surface area (Å²) in [7, 11) is 1.56. The maximum atomic E-state index is 13.0. The number of rotatable bonds is 5. The highest BCUT2D eigenvalue weighted by Crippen LogP contribution is 2.28. The number of non-ortho nitro benzene ring substituents is 1. The molecule has 2 heterocycles. The zero-order valence-corrected chi connectivity index (χ0v) is 16.6. The predicted octanol–water partition coefficient (Wildman–Crippen LogP) is 2.06. The second kappa shape index (κ2) is 8.11. The Balaban J connectivity index is 1.40. The largest absolute Gasteiger partial charge is 0.497 e. The Morgan fingerprint density at radius 3 is 2.10 bits per heavy atom. The van der Waals surface area contributed by atoms with Gasteiger partial charge in [0.05, 0.1) is 30.2 Å². The zero-order valence-electron chi connectivity index (χ0n) is 16.6. The Bertz CT molecular complexity index is 952. The molecule has 9 nitrogen and oxygen atoms in total. The third kappa shape index (κ3) is 3.71. The molecule has 2 aliphatic rings. The molecule has 2 aromatic rings. The highest BCUT2D eigenvalue weighted by molar-refractivity contribution is 6.22. The van der Waals surface area contributed by atoms with Gasteiger partial charge in [-0.15, -0.1) is 0 Å². The second-order valence-corrected chi connectivity index (χ2v) is 7.28. The molecule has 2 fully saturated rings. The highest BCUT2D eigenvalue weighted by atomic mass is 16.6. The van der Waals surface area contributed by atoms with Gasteiger partial charge in [-0.25, -0.2) is 4.90 Å². The summed E-state index contributed by atoms with van der Waals surface area (Å²) < 4.78 is 5.13. The molecule has 0 aliphatic carbocycles. The molecule has 1 atom stereocenters. The molecule has 0 N–H and O–H groups in total. The lowest BCUT2D eigenvalue weighted by Gasteiger charge is -2.38. The summed E-state index contributed by atoms with van der Waals surface area (Å²) in [5.41, 5.74) is 1.53. The predicted molar refractivity (Wildman–Crippen MR) is 111 cm³/mol. The summed E-state index contributed by atoms with van der Waals surface area (Å²) >= 11 is 0. The van der Waals surface area contributed by atoms with E-state index in [4.69, 9.17) is 4.74 Å². The lowest BCUT2D eigenvalue weighted by atomic mass is 10.1. The average molecular weight is 410 g/mol. The normalized spacial score (nSPS) is 20.0. The lowest BCUT2D eigenvalue weighted by Crippen LogP contribution is -2.52. The smallest absolute Gasteiger partial charge is 0.269 e. The van der Waals surface area contributed by atoms with Crippen LogP contribution in [0, 0.1) is 10.1 Å². The van der Waals surface area contributed by atoms with Crippen molar-refractivity contribution in [2.24, 2.45) is 0 Å². The van der Waals surface area contributed by atoms with E-state index in [1.807, 2.05) is 4.90 Å². The van der Waals surface area contributed by atoms with Crippen LogP contribution < -0.4 is 14.5 Å². The van der Waals surface area contributed by atoms with Crippen LogP contribution in [-0.2, 0) is 9.59 Å². The Morgan fingerprint density at radius 1 is 0.933 bits per heavy atom. The van der Waals surface area contributed by atoms with Gasteiger partial charge in [0.25, 0.3) is 11.6 Å². The van der Waals surface area contributed by atoms with E-state index in [9.17, 15) is 19.7 Å². The maximum Gasteiger partial charge on any atom is 0.269 e. The standard InChI is InChI=1S/C21H22N4O5/c1-30-18-8-6-16(7-9-18)24-20(26)14-19(21(24)27)23-12-10-22(11-13-23)15-2-4-17(5-3-15)25(28)29/h2-9,19H,10-14H2,1H3/t19-/m1/s1. The molecule has 0 unspecified atom stereocenters. The summed E-state index contributed by atoms with van der Waals surface area (Å²) in [5.74, 6) is 0.263. The molecular weight excluding hydrogens is 388 g/mol. The first kappa shape index (κ1) is 19.8. The number of methoxy groups -OCH3 is 1. The molecule has 30 heavy (non-hydrogen) atoms. The maximum absolute atomic E-state index is 13.0. The Labute approximate surface area is 173 Å². The molecule has 0 spiro atoms. The van der Waals surface area contributed by atoms with Gasteiger partial charge in [0.15, 0.2) is 0 Å². The molecule has 4 rings (SSSR count). The summed E-state index contributed by atoms with van der Waals surface area (Å²) in [6.45, 7) is 2.63. The lowest BCUT2D eigenvalue weighted by molar-refractivity contribution is -0.384. The second-order valence-electron chi connectivity index (χ2n) is 7.28. The van der Waals surface area contributed by atoms with Gasteiger partial charge in [-0.2, -0.15) is 0 Å². The van der Waals surface area contributed by atoms with E-state index >= 15 is 0 Å². The number of carbonyl (C=O) groups excluding carboxylic acids is 2. The van der Waals surface area contributed by atoms with Crippen LogP contribution in [0.4, 0.5) is 17.1 Å². The summed E-state index contributed by atoms with van der Waals surface area (Å²) in [6, 6.07) is 12.9. The fraction of sp³-hybridized carbons (Fsp3) is 0.333. The van der Waals surface area contributed by atoms with E-state index in [2.05, 4.69) is 4.90 Å². The van der Waals surface area contributed by atoms with Crippen molar-refractivity contribution in [2.75, 3.05) is 43.1 Å². The molecular formula is C21H22N4O5. The Hall–Kier alpha value is -3.46. The van der Waals surface area contributed by atoms with E-state index in [0.29, 0.717) is 37.6 Å². The summed E-state index contributed by atoms with van der Waals surface area (Å²) in [6.07, 6.45) is 0.169. The summed E-state index contributed by atoms with van der Waals surface area (Å²) in [5, 5.41) is 10.8. The number of benzene rings is 2. The van der Waals surface area contributed by atoms with Crippen molar-refractivity contribution >= 4 is 28.9 Å². The molecule has 0 aromatic heterocycles. The molecule has 0 bridgehead atoms. The molecule has 2 amide bonds. The number of nitrogens with zero attached hydrogens (tertiary/aromatic N) is 4. The molecule has 9 heteroatoms. The van der Waals surface area contributed by atoms with Gasteiger partial charge < -0.3 is 9.64 Å². The van der Waals surface area contributed by atoms with Gasteiger partial charge in [0.2, 0.25) is 5.91 Å². The van der Waals surface area contributed by atoms with E-state index in [1.165, 1.54) is 17.0 Å². The first-order valence-corrected chi connectivity index (χ1v) is 9.72. The summed E-state index contributed by atoms with van der Waals surface area (Å²) in [4.78, 5) is 41.4. The Kier molecular flexibility index (Phi) is 5.37. The van der Waals surface area contributed by atoms with Crippen molar-refractivity contribution in [3.63, 3.8) is 0 Å². The third-order valence-corrected chi connectivity index (χ3v) is 5.63. The van der Waals surface area contributed by atoms with E-state index in [-0.39, 0.29) is 23.9 Å². The number of ether oxygens (including phenoxy) is 1. The van der Waals surface area contributed by atoms with Crippen molar-refractivity contribution in [3.8, 4) is 5.75 Å². The number of anilines is 2. The minimum atomic E-state index is -0.460. The molecule has 2 saturated heterocycles. The van der Waals surface area contributed by atoms with E-state index in [1.54, 1.807) is 43.5 Å². The van der Waals surface area contributed by atoms with Gasteiger partial charge >= 0.3 is 0 Å². The van der Waals surface area contributed by atoms with Crippen molar-refractivity contribution in [1.29, 1.82) is 0 Å². The number of nitro benzene ring substituents is 1.